The Balaban J connectivity index is 0.00000592. The zero-order chi connectivity index (χ0) is 46.0. The van der Waals surface area contributed by atoms with Crippen LogP contribution in [0.15, 0.2) is 42.5 Å². The first kappa shape index (κ1) is 48.7. The van der Waals surface area contributed by atoms with E-state index in [9.17, 15) is 45.0 Å². The first-order valence-electron chi connectivity index (χ1n) is 20.5. The molecule has 22 nitrogen and oxygen atoms in total. The number of aliphatic hydroxyl groups is 5. The SMILES string of the molecule is COc1cc([C@@H]2c3cc4c(cc3C(OC3OC5COC(C)O[C@@H]5C(O)C3O)[C@H]3COC(=O)[C@H]23)OCO4)cc(OC)c1OC(=O)N(C)c1c[c-]ccc1O[C@@H]1OC(C(=O)O)[C@H](O)C(O)[C@H]1O.[Rb+]. The molecule has 5 aliphatic heterocycles. The molecule has 15 atom stereocenters. The van der Waals surface area contributed by atoms with Crippen molar-refractivity contribution in [1.29, 1.82) is 0 Å². The third-order valence-corrected chi connectivity index (χ3v) is 12.4. The Hall–Kier alpha value is -3.72. The number of rotatable bonds is 10. The van der Waals surface area contributed by atoms with Gasteiger partial charge in [-0.15, -0.1) is 6.07 Å². The number of carbonyl (C=O) groups is 3. The van der Waals surface area contributed by atoms with E-state index >= 15 is 0 Å². The van der Waals surface area contributed by atoms with E-state index < -0.39 is 110 Å². The number of carboxylic acids is 1. The maximum atomic E-state index is 13.9. The third kappa shape index (κ3) is 8.78. The van der Waals surface area contributed by atoms with Crippen molar-refractivity contribution < 1.29 is 160 Å². The number of ether oxygens (including phenoxy) is 12. The predicted octanol–water partition coefficient (Wildman–Crippen LogP) is -2.66. The van der Waals surface area contributed by atoms with Crippen LogP contribution in [0.5, 0.6) is 34.5 Å². The van der Waals surface area contributed by atoms with Crippen molar-refractivity contribution in [3.05, 3.63) is 65.2 Å². The number of fused-ring (bicyclic) bond motifs is 4. The van der Waals surface area contributed by atoms with E-state index in [1.807, 2.05) is 0 Å². The van der Waals surface area contributed by atoms with Gasteiger partial charge in [0, 0.05) is 24.6 Å². The summed E-state index contributed by atoms with van der Waals surface area (Å²) in [5, 5.41) is 62.8. The number of benzene rings is 3. The van der Waals surface area contributed by atoms with Gasteiger partial charge >= 0.3 is 76.2 Å². The molecule has 9 rings (SSSR count). The van der Waals surface area contributed by atoms with E-state index in [-0.39, 0.29) is 107 Å². The maximum Gasteiger partial charge on any atom is 1.00 e. The Morgan fingerprint density at radius 2 is 1.50 bits per heavy atom. The number of amides is 1. The van der Waals surface area contributed by atoms with Gasteiger partial charge in [0.15, 0.2) is 41.7 Å². The summed E-state index contributed by atoms with van der Waals surface area (Å²) in [6.07, 6.45) is -18.0. The molecule has 23 heteroatoms. The number of aliphatic hydroxyl groups excluding tert-OH is 5. The Kier molecular flexibility index (Phi) is 14.6. The van der Waals surface area contributed by atoms with Gasteiger partial charge in [0.25, 0.3) is 0 Å². The van der Waals surface area contributed by atoms with Crippen LogP contribution in [0.4, 0.5) is 10.5 Å². The smallest absolute Gasteiger partial charge is 0.493 e. The molecule has 4 fully saturated rings. The molecule has 6 N–H and O–H groups in total. The summed E-state index contributed by atoms with van der Waals surface area (Å²) in [5.41, 5.74) is 1.60. The summed E-state index contributed by atoms with van der Waals surface area (Å²) < 4.78 is 69.6. The van der Waals surface area contributed by atoms with Crippen LogP contribution < -0.4 is 91.5 Å². The van der Waals surface area contributed by atoms with E-state index in [0.29, 0.717) is 28.2 Å². The summed E-state index contributed by atoms with van der Waals surface area (Å²) in [4.78, 5) is 40.5. The van der Waals surface area contributed by atoms with Gasteiger partial charge in [0.1, 0.15) is 42.7 Å². The minimum Gasteiger partial charge on any atom is -0.493 e. The molecule has 4 saturated heterocycles. The van der Waals surface area contributed by atoms with Gasteiger partial charge in [-0.05, 0) is 53.6 Å². The van der Waals surface area contributed by atoms with Gasteiger partial charge in [-0.1, -0.05) is 0 Å². The molecule has 0 radical (unpaired) electrons. The van der Waals surface area contributed by atoms with Gasteiger partial charge < -0.3 is 92.4 Å². The minimum atomic E-state index is -1.95. The fourth-order valence-corrected chi connectivity index (χ4v) is 9.12. The van der Waals surface area contributed by atoms with E-state index in [2.05, 4.69) is 6.07 Å². The number of hydrogen-bond acceptors (Lipinski definition) is 20. The summed E-state index contributed by atoms with van der Waals surface area (Å²) in [7, 11) is 4.00. The molecular weight excluding hydrogens is 952 g/mol. The number of nitrogens with zero attached hydrogens (tertiary/aromatic N) is 1. The molecule has 0 spiro atoms. The first-order chi connectivity index (χ1) is 31.2. The third-order valence-electron chi connectivity index (χ3n) is 12.4. The molecule has 3 aromatic carbocycles. The normalized spacial score (nSPS) is 34.1. The van der Waals surface area contributed by atoms with Crippen LogP contribution in [-0.2, 0) is 38.0 Å². The monoisotopic (exact) mass is 997 g/mol. The predicted molar refractivity (Wildman–Crippen MR) is 211 cm³/mol. The van der Waals surface area contributed by atoms with Crippen molar-refractivity contribution in [2.45, 2.75) is 86.6 Å². The van der Waals surface area contributed by atoms with Gasteiger partial charge in [-0.3, -0.25) is 4.79 Å². The molecule has 0 aromatic heterocycles. The largest absolute Gasteiger partial charge is 1.00 e. The van der Waals surface area contributed by atoms with Crippen LogP contribution in [0, 0.1) is 17.9 Å². The van der Waals surface area contributed by atoms with Crippen LogP contribution in [0.2, 0.25) is 0 Å². The summed E-state index contributed by atoms with van der Waals surface area (Å²) >= 11 is 0. The minimum absolute atomic E-state index is 0. The molecule has 0 bridgehead atoms. The molecule has 1 aliphatic carbocycles. The van der Waals surface area contributed by atoms with Crippen molar-refractivity contribution in [2.75, 3.05) is 46.2 Å². The molecule has 3 aromatic rings. The summed E-state index contributed by atoms with van der Waals surface area (Å²) in [5.74, 6) is -3.97. The average Bonchev–Trinajstić information content (AvgIpc) is 3.93. The summed E-state index contributed by atoms with van der Waals surface area (Å²) in [6.45, 7) is 1.60. The Bertz CT molecular complexity index is 2290. The fraction of sp³-hybridized carbons (Fsp3) is 0.512. The van der Waals surface area contributed by atoms with Gasteiger partial charge in [0.05, 0.1) is 39.5 Å². The van der Waals surface area contributed by atoms with Gasteiger partial charge in [-0.2, -0.15) is 18.2 Å². The van der Waals surface area contributed by atoms with Crippen molar-refractivity contribution in [2.24, 2.45) is 11.8 Å². The van der Waals surface area contributed by atoms with Crippen LogP contribution in [0.25, 0.3) is 0 Å². The van der Waals surface area contributed by atoms with Gasteiger partial charge in [-0.25, -0.2) is 9.59 Å². The number of carbonyl (C=O) groups excluding carboxylic acids is 2. The zero-order valence-corrected chi connectivity index (χ0v) is 41.0. The second-order valence-electron chi connectivity index (χ2n) is 16.1. The second-order valence-corrected chi connectivity index (χ2v) is 16.1. The zero-order valence-electron chi connectivity index (χ0n) is 36.1. The van der Waals surface area contributed by atoms with Crippen molar-refractivity contribution in [1.82, 2.24) is 0 Å². The number of aliphatic carboxylic acids is 1. The maximum absolute atomic E-state index is 13.9. The number of methoxy groups -OCH3 is 2. The molecule has 8 unspecified atom stereocenters. The van der Waals surface area contributed by atoms with E-state index in [4.69, 9.17) is 56.8 Å². The van der Waals surface area contributed by atoms with E-state index in [0.717, 1.165) is 4.90 Å². The van der Waals surface area contributed by atoms with Crippen LogP contribution >= 0.6 is 0 Å². The van der Waals surface area contributed by atoms with Crippen molar-refractivity contribution >= 4 is 23.7 Å². The number of cyclic esters (lactones) is 1. The van der Waals surface area contributed by atoms with Crippen LogP contribution in [0.3, 0.4) is 0 Å². The molecule has 1 amide bonds. The van der Waals surface area contributed by atoms with Crippen molar-refractivity contribution in [3.63, 3.8) is 0 Å². The Morgan fingerprint density at radius 1 is 0.818 bits per heavy atom. The molecule has 66 heavy (non-hydrogen) atoms. The molecule has 6 aliphatic rings. The number of anilines is 1. The Morgan fingerprint density at radius 3 is 2.18 bits per heavy atom. The van der Waals surface area contributed by atoms with Crippen LogP contribution in [-0.4, -0.2) is 158 Å². The van der Waals surface area contributed by atoms with E-state index in [1.165, 1.54) is 39.5 Å². The van der Waals surface area contributed by atoms with Gasteiger partial charge in [0.2, 0.25) is 18.8 Å². The molecule has 5 heterocycles. The fourth-order valence-electron chi connectivity index (χ4n) is 9.12. The van der Waals surface area contributed by atoms with Crippen molar-refractivity contribution in [3.8, 4) is 34.5 Å². The number of esters is 1. The quantitative estimate of drug-likeness (QED) is 0.0893. The first-order valence-corrected chi connectivity index (χ1v) is 20.5. The molecular formula is C43H46NO21Rb. The average molecular weight is 998 g/mol. The molecule has 0 saturated carbocycles. The Labute approximate surface area is 424 Å². The topological polar surface area (TPSA) is 287 Å². The van der Waals surface area contributed by atoms with Crippen LogP contribution in [0.1, 0.15) is 35.6 Å². The standard InChI is InChI=1S/C43H46NO21.Rb/c1-16-56-14-27-37(60-16)32(47)34(49)42(62-27)63-35-19-12-24-23(58-15-59-24)11-18(19)28(29-20(35)13-57-40(29)52)17-9-25(54-3)36(26(10-17)55-4)65-43(53)44(2)21-7-5-6-8-22(21)61-41-33(48)30(45)31(46)38(64-41)39(50)51;/h6-12,16,20,27-35,37-38,41-42,45-49H,13-15H2,1-4H3,(H,50,51);/q-1;+1/t16?,20-,27?,28+,29-,30?,31+,32?,33+,34?,35?,37-,38?,41+,42?;/m0./s1. The molecule has 350 valence electrons. The summed E-state index contributed by atoms with van der Waals surface area (Å²) in [6, 6.07) is 13.5. The van der Waals surface area contributed by atoms with E-state index in [1.54, 1.807) is 31.2 Å². The number of carboxylic acid groups (broad SMARTS) is 1. The number of hydrogen-bond donors (Lipinski definition) is 6. The second kappa shape index (κ2) is 19.7.